The van der Waals surface area contributed by atoms with Gasteiger partial charge in [0.05, 0.1) is 6.20 Å². The highest BCUT2D eigenvalue weighted by molar-refractivity contribution is 5.82. The van der Waals surface area contributed by atoms with Crippen LogP contribution in [0.1, 0.15) is 18.4 Å². The van der Waals surface area contributed by atoms with Crippen molar-refractivity contribution in [2.45, 2.75) is 25.3 Å². The van der Waals surface area contributed by atoms with Gasteiger partial charge in [0.25, 0.3) is 0 Å². The SMILES string of the molecule is Cn1cc(CCNC(=O)N[C@@H](CCC(=O)O)C(=O)O)cn1. The molecule has 0 aliphatic rings. The summed E-state index contributed by atoms with van der Waals surface area (Å²) in [5.74, 6) is -2.38. The first-order chi connectivity index (χ1) is 9.88. The van der Waals surface area contributed by atoms with Crippen LogP contribution in [0.4, 0.5) is 4.79 Å². The monoisotopic (exact) mass is 298 g/mol. The third-order valence-electron chi connectivity index (χ3n) is 2.71. The van der Waals surface area contributed by atoms with Gasteiger partial charge in [0, 0.05) is 26.2 Å². The number of aliphatic carboxylic acids is 2. The van der Waals surface area contributed by atoms with Crippen LogP contribution in [0.25, 0.3) is 0 Å². The molecule has 0 aliphatic carbocycles. The average molecular weight is 298 g/mol. The average Bonchev–Trinajstić information content (AvgIpc) is 2.79. The second-order valence-corrected chi connectivity index (χ2v) is 4.50. The van der Waals surface area contributed by atoms with E-state index in [1.54, 1.807) is 17.9 Å². The summed E-state index contributed by atoms with van der Waals surface area (Å²) in [5, 5.41) is 26.1. The molecule has 1 atom stereocenters. The molecule has 0 spiro atoms. The molecule has 0 aromatic carbocycles. The second kappa shape index (κ2) is 7.88. The molecule has 2 amide bonds. The number of hydrogen-bond donors (Lipinski definition) is 4. The zero-order valence-electron chi connectivity index (χ0n) is 11.6. The predicted molar refractivity (Wildman–Crippen MR) is 71.7 cm³/mol. The van der Waals surface area contributed by atoms with Gasteiger partial charge in [0.2, 0.25) is 0 Å². The molecule has 0 saturated heterocycles. The van der Waals surface area contributed by atoms with Crippen LogP contribution in [0, 0.1) is 0 Å². The van der Waals surface area contributed by atoms with E-state index in [0.29, 0.717) is 13.0 Å². The van der Waals surface area contributed by atoms with Gasteiger partial charge in [-0.25, -0.2) is 9.59 Å². The Morgan fingerprint density at radius 1 is 1.38 bits per heavy atom. The van der Waals surface area contributed by atoms with Gasteiger partial charge in [-0.2, -0.15) is 5.10 Å². The molecule has 0 bridgehead atoms. The van der Waals surface area contributed by atoms with Gasteiger partial charge in [-0.1, -0.05) is 0 Å². The smallest absolute Gasteiger partial charge is 0.326 e. The zero-order chi connectivity index (χ0) is 15.8. The second-order valence-electron chi connectivity index (χ2n) is 4.50. The minimum atomic E-state index is -1.27. The summed E-state index contributed by atoms with van der Waals surface area (Å²) < 4.78 is 1.64. The van der Waals surface area contributed by atoms with Crippen LogP contribution in [-0.4, -0.2) is 50.5 Å². The van der Waals surface area contributed by atoms with Crippen LogP contribution in [0.3, 0.4) is 0 Å². The number of carboxylic acid groups (broad SMARTS) is 2. The lowest BCUT2D eigenvalue weighted by Gasteiger charge is -2.14. The van der Waals surface area contributed by atoms with Crippen LogP contribution in [0.2, 0.25) is 0 Å². The Morgan fingerprint density at radius 2 is 2.10 bits per heavy atom. The lowest BCUT2D eigenvalue weighted by molar-refractivity contribution is -0.140. The normalized spacial score (nSPS) is 11.7. The molecular formula is C12H18N4O5. The third kappa shape index (κ3) is 6.41. The van der Waals surface area contributed by atoms with Gasteiger partial charge in [-0.05, 0) is 18.4 Å². The highest BCUT2D eigenvalue weighted by Gasteiger charge is 2.20. The first-order valence-corrected chi connectivity index (χ1v) is 6.35. The summed E-state index contributed by atoms with van der Waals surface area (Å²) in [6, 6.07) is -1.86. The molecule has 0 unspecified atom stereocenters. The molecule has 9 nitrogen and oxygen atoms in total. The molecule has 1 heterocycles. The number of aromatic nitrogens is 2. The topological polar surface area (TPSA) is 134 Å². The van der Waals surface area contributed by atoms with E-state index in [4.69, 9.17) is 10.2 Å². The Labute approximate surface area is 120 Å². The fourth-order valence-electron chi connectivity index (χ4n) is 1.66. The maximum absolute atomic E-state index is 11.5. The van der Waals surface area contributed by atoms with E-state index >= 15 is 0 Å². The number of carboxylic acids is 2. The van der Waals surface area contributed by atoms with Crippen molar-refractivity contribution < 1.29 is 24.6 Å². The fourth-order valence-corrected chi connectivity index (χ4v) is 1.66. The van der Waals surface area contributed by atoms with Crippen LogP contribution in [0.5, 0.6) is 0 Å². The molecule has 1 aromatic rings. The number of carbonyl (C=O) groups excluding carboxylic acids is 1. The number of urea groups is 1. The number of aryl methyl sites for hydroxylation is 1. The van der Waals surface area contributed by atoms with Gasteiger partial charge >= 0.3 is 18.0 Å². The van der Waals surface area contributed by atoms with Crippen molar-refractivity contribution in [1.29, 1.82) is 0 Å². The van der Waals surface area contributed by atoms with Crippen molar-refractivity contribution in [2.75, 3.05) is 6.54 Å². The zero-order valence-corrected chi connectivity index (χ0v) is 11.6. The lowest BCUT2D eigenvalue weighted by atomic mass is 10.1. The first-order valence-electron chi connectivity index (χ1n) is 6.35. The molecule has 9 heteroatoms. The van der Waals surface area contributed by atoms with Crippen molar-refractivity contribution >= 4 is 18.0 Å². The summed E-state index contributed by atoms with van der Waals surface area (Å²) in [5.41, 5.74) is 0.943. The molecule has 0 aliphatic heterocycles. The van der Waals surface area contributed by atoms with Crippen molar-refractivity contribution in [3.63, 3.8) is 0 Å². The van der Waals surface area contributed by atoms with E-state index < -0.39 is 24.0 Å². The maximum atomic E-state index is 11.5. The molecule has 21 heavy (non-hydrogen) atoms. The highest BCUT2D eigenvalue weighted by atomic mass is 16.4. The van der Waals surface area contributed by atoms with Crippen molar-refractivity contribution in [3.8, 4) is 0 Å². The van der Waals surface area contributed by atoms with Crippen LogP contribution in [-0.2, 0) is 23.1 Å². The molecule has 0 fully saturated rings. The number of amides is 2. The first kappa shape index (κ1) is 16.5. The van der Waals surface area contributed by atoms with Gasteiger partial charge in [-0.15, -0.1) is 0 Å². The molecule has 4 N–H and O–H groups in total. The Morgan fingerprint density at radius 3 is 2.62 bits per heavy atom. The van der Waals surface area contributed by atoms with Gasteiger partial charge in [0.1, 0.15) is 6.04 Å². The molecule has 1 aromatic heterocycles. The molecule has 0 radical (unpaired) electrons. The van der Waals surface area contributed by atoms with Gasteiger partial charge < -0.3 is 20.8 Å². The third-order valence-corrected chi connectivity index (χ3v) is 2.71. The van der Waals surface area contributed by atoms with Crippen LogP contribution >= 0.6 is 0 Å². The van der Waals surface area contributed by atoms with Crippen molar-refractivity contribution in [3.05, 3.63) is 18.0 Å². The van der Waals surface area contributed by atoms with E-state index in [9.17, 15) is 14.4 Å². The van der Waals surface area contributed by atoms with E-state index in [1.165, 1.54) is 0 Å². The quantitative estimate of drug-likeness (QED) is 0.515. The molecule has 116 valence electrons. The van der Waals surface area contributed by atoms with E-state index in [2.05, 4.69) is 15.7 Å². The van der Waals surface area contributed by atoms with E-state index in [-0.39, 0.29) is 12.8 Å². The minimum absolute atomic E-state index is 0.166. The summed E-state index contributed by atoms with van der Waals surface area (Å²) in [6.07, 6.45) is 3.56. The largest absolute Gasteiger partial charge is 0.481 e. The molecule has 1 rings (SSSR count). The van der Waals surface area contributed by atoms with E-state index in [0.717, 1.165) is 5.56 Å². The molecule has 0 saturated carbocycles. The van der Waals surface area contributed by atoms with Crippen molar-refractivity contribution in [2.24, 2.45) is 7.05 Å². The minimum Gasteiger partial charge on any atom is -0.481 e. The van der Waals surface area contributed by atoms with E-state index in [1.807, 2.05) is 6.20 Å². The summed E-state index contributed by atoms with van der Waals surface area (Å²) in [7, 11) is 1.78. The number of nitrogens with one attached hydrogen (secondary N) is 2. The van der Waals surface area contributed by atoms with Crippen LogP contribution < -0.4 is 10.6 Å². The Kier molecular flexibility index (Phi) is 6.18. The molecular weight excluding hydrogens is 280 g/mol. The lowest BCUT2D eigenvalue weighted by Crippen LogP contribution is -2.46. The van der Waals surface area contributed by atoms with Gasteiger partial charge in [0.15, 0.2) is 0 Å². The number of nitrogens with zero attached hydrogens (tertiary/aromatic N) is 2. The fraction of sp³-hybridized carbons (Fsp3) is 0.500. The Balaban J connectivity index is 2.32. The van der Waals surface area contributed by atoms with Gasteiger partial charge in [-0.3, -0.25) is 9.48 Å². The number of hydrogen-bond acceptors (Lipinski definition) is 4. The number of carbonyl (C=O) groups is 3. The highest BCUT2D eigenvalue weighted by Crippen LogP contribution is 1.99. The number of rotatable bonds is 8. The summed E-state index contributed by atoms with van der Waals surface area (Å²) in [4.78, 5) is 32.9. The Hall–Kier alpha value is -2.58. The predicted octanol–water partition coefficient (Wildman–Crippen LogP) is -0.420. The summed E-state index contributed by atoms with van der Waals surface area (Å²) >= 11 is 0. The standard InChI is InChI=1S/C12H18N4O5/c1-16-7-8(6-14-16)4-5-13-12(21)15-9(11(19)20)2-3-10(17)18/h6-7,9H,2-5H2,1H3,(H,17,18)(H,19,20)(H2,13,15,21)/t9-/m0/s1. The Bertz CT molecular complexity index is 514. The maximum Gasteiger partial charge on any atom is 0.326 e. The van der Waals surface area contributed by atoms with Crippen LogP contribution in [0.15, 0.2) is 12.4 Å². The summed E-state index contributed by atoms with van der Waals surface area (Å²) in [6.45, 7) is 0.322. The van der Waals surface area contributed by atoms with Crippen molar-refractivity contribution in [1.82, 2.24) is 20.4 Å².